The predicted octanol–water partition coefficient (Wildman–Crippen LogP) is 0.517. The Balaban J connectivity index is 2.20. The zero-order valence-electron chi connectivity index (χ0n) is 10.5. The minimum atomic E-state index is -3.07. The molecule has 0 aliphatic carbocycles. The molecule has 20 heavy (non-hydrogen) atoms. The van der Waals surface area contributed by atoms with Crippen molar-refractivity contribution in [1.29, 1.82) is 0 Å². The number of hydrogen-bond acceptors (Lipinski definition) is 5. The summed E-state index contributed by atoms with van der Waals surface area (Å²) in [7, 11) is -3.07. The molecular weight excluding hydrogens is 282 g/mol. The lowest BCUT2D eigenvalue weighted by atomic mass is 10.1. The van der Waals surface area contributed by atoms with Crippen molar-refractivity contribution in [2.24, 2.45) is 0 Å². The Hall–Kier alpha value is -2.09. The number of hydrogen-bond donors (Lipinski definition) is 2. The summed E-state index contributed by atoms with van der Waals surface area (Å²) in [6.45, 7) is 0. The number of rotatable bonds is 2. The molecule has 2 aromatic rings. The molecule has 1 unspecified atom stereocenters. The largest absolute Gasteiger partial charge is 0.476 e. The normalized spacial score (nSPS) is 21.3. The molecule has 1 aliphatic heterocycles. The Labute approximate surface area is 115 Å². The van der Waals surface area contributed by atoms with Gasteiger partial charge < -0.3 is 15.2 Å². The van der Waals surface area contributed by atoms with E-state index in [-0.39, 0.29) is 23.1 Å². The molecule has 0 aromatic carbocycles. The Morgan fingerprint density at radius 1 is 1.45 bits per heavy atom. The number of imidazole rings is 1. The van der Waals surface area contributed by atoms with Gasteiger partial charge in [-0.2, -0.15) is 0 Å². The van der Waals surface area contributed by atoms with E-state index in [9.17, 15) is 18.3 Å². The highest BCUT2D eigenvalue weighted by molar-refractivity contribution is 7.91. The van der Waals surface area contributed by atoms with Crippen LogP contribution in [-0.2, 0) is 9.84 Å². The van der Waals surface area contributed by atoms with Crippen LogP contribution in [0.3, 0.4) is 0 Å². The third-order valence-corrected chi connectivity index (χ3v) is 5.26. The maximum atomic E-state index is 11.6. The van der Waals surface area contributed by atoms with Crippen molar-refractivity contribution in [3.05, 3.63) is 29.8 Å². The van der Waals surface area contributed by atoms with Crippen LogP contribution in [-0.4, -0.2) is 40.4 Å². The van der Waals surface area contributed by atoms with Gasteiger partial charge in [0.05, 0.1) is 17.0 Å². The fourth-order valence-electron chi connectivity index (χ4n) is 2.57. The number of sulfone groups is 1. The number of carboxylic acids is 1. The van der Waals surface area contributed by atoms with Gasteiger partial charge in [0.1, 0.15) is 5.82 Å². The number of anilines is 1. The van der Waals surface area contributed by atoms with Crippen LogP contribution in [0.15, 0.2) is 18.3 Å². The van der Waals surface area contributed by atoms with E-state index in [1.807, 2.05) is 0 Å². The summed E-state index contributed by atoms with van der Waals surface area (Å²) in [5.74, 6) is -0.871. The van der Waals surface area contributed by atoms with Crippen LogP contribution in [0.1, 0.15) is 28.7 Å². The van der Waals surface area contributed by atoms with E-state index in [4.69, 9.17) is 5.73 Å². The van der Waals surface area contributed by atoms with Gasteiger partial charge in [0.2, 0.25) is 0 Å². The van der Waals surface area contributed by atoms with Crippen molar-refractivity contribution in [3.8, 4) is 0 Å². The van der Waals surface area contributed by atoms with Crippen LogP contribution in [0.2, 0.25) is 0 Å². The number of nitrogens with two attached hydrogens (primary N) is 1. The van der Waals surface area contributed by atoms with Crippen LogP contribution in [0, 0.1) is 0 Å². The van der Waals surface area contributed by atoms with Gasteiger partial charge in [-0.1, -0.05) is 0 Å². The van der Waals surface area contributed by atoms with Crippen LogP contribution in [0.5, 0.6) is 0 Å². The molecule has 106 valence electrons. The van der Waals surface area contributed by atoms with Gasteiger partial charge in [-0.25, -0.2) is 18.2 Å². The Morgan fingerprint density at radius 3 is 2.80 bits per heavy atom. The minimum absolute atomic E-state index is 0.0000283. The lowest BCUT2D eigenvalue weighted by Gasteiger charge is -2.07. The molecule has 2 aromatic heterocycles. The molecule has 1 aliphatic rings. The molecule has 3 N–H and O–H groups in total. The standard InChI is InChI=1S/C12H13N3O4S/c13-8-1-2-9-10(12(16)17)14-11(15(9)5-8)7-3-4-20(18,19)6-7/h1-2,5,7H,3-4,6,13H2,(H,16,17). The van der Waals surface area contributed by atoms with Gasteiger partial charge in [0, 0.05) is 17.8 Å². The third kappa shape index (κ3) is 2.01. The zero-order chi connectivity index (χ0) is 14.5. The summed E-state index contributed by atoms with van der Waals surface area (Å²) in [4.78, 5) is 15.4. The molecule has 3 heterocycles. The molecule has 0 bridgehead atoms. The first kappa shape index (κ1) is 12.9. The van der Waals surface area contributed by atoms with Gasteiger partial charge >= 0.3 is 5.97 Å². The average molecular weight is 295 g/mol. The third-order valence-electron chi connectivity index (χ3n) is 3.49. The number of nitrogen functional groups attached to an aromatic ring is 1. The molecule has 0 saturated carbocycles. The number of pyridine rings is 1. The highest BCUT2D eigenvalue weighted by Gasteiger charge is 2.33. The topological polar surface area (TPSA) is 115 Å². The Kier molecular flexibility index (Phi) is 2.72. The minimum Gasteiger partial charge on any atom is -0.476 e. The highest BCUT2D eigenvalue weighted by atomic mass is 32.2. The van der Waals surface area contributed by atoms with E-state index in [2.05, 4.69) is 4.98 Å². The number of aromatic nitrogens is 2. The van der Waals surface area contributed by atoms with Crippen LogP contribution in [0.4, 0.5) is 5.69 Å². The van der Waals surface area contributed by atoms with Gasteiger partial charge in [0.25, 0.3) is 0 Å². The number of nitrogens with zero attached hydrogens (tertiary/aromatic N) is 2. The van der Waals surface area contributed by atoms with E-state index >= 15 is 0 Å². The van der Waals surface area contributed by atoms with Crippen molar-refractivity contribution in [2.45, 2.75) is 12.3 Å². The second-order valence-electron chi connectivity index (χ2n) is 4.94. The molecule has 1 atom stereocenters. The first-order valence-electron chi connectivity index (χ1n) is 6.08. The van der Waals surface area contributed by atoms with E-state index in [1.54, 1.807) is 22.7 Å². The van der Waals surface area contributed by atoms with Gasteiger partial charge in [-0.3, -0.25) is 0 Å². The lowest BCUT2D eigenvalue weighted by molar-refractivity contribution is 0.0693. The summed E-state index contributed by atoms with van der Waals surface area (Å²) in [5, 5.41) is 9.19. The van der Waals surface area contributed by atoms with Crippen molar-refractivity contribution in [1.82, 2.24) is 9.38 Å². The van der Waals surface area contributed by atoms with Crippen molar-refractivity contribution >= 4 is 27.0 Å². The van der Waals surface area contributed by atoms with Crippen LogP contribution < -0.4 is 5.73 Å². The molecule has 0 radical (unpaired) electrons. The monoisotopic (exact) mass is 295 g/mol. The molecule has 0 spiro atoms. The summed E-state index contributed by atoms with van der Waals surface area (Å²) in [6.07, 6.45) is 2.03. The Morgan fingerprint density at radius 2 is 2.20 bits per heavy atom. The molecule has 3 rings (SSSR count). The summed E-state index contributed by atoms with van der Waals surface area (Å²) >= 11 is 0. The van der Waals surface area contributed by atoms with Gasteiger partial charge in [-0.05, 0) is 18.6 Å². The fourth-order valence-corrected chi connectivity index (χ4v) is 4.31. The first-order chi connectivity index (χ1) is 9.37. The predicted molar refractivity (Wildman–Crippen MR) is 72.6 cm³/mol. The van der Waals surface area contributed by atoms with Crippen molar-refractivity contribution in [3.63, 3.8) is 0 Å². The number of aromatic carboxylic acids is 1. The molecule has 1 fully saturated rings. The van der Waals surface area contributed by atoms with Gasteiger partial charge in [-0.15, -0.1) is 0 Å². The quantitative estimate of drug-likeness (QED) is 0.834. The van der Waals surface area contributed by atoms with Crippen LogP contribution in [0.25, 0.3) is 5.52 Å². The van der Waals surface area contributed by atoms with Crippen molar-refractivity contribution in [2.75, 3.05) is 17.2 Å². The zero-order valence-corrected chi connectivity index (χ0v) is 11.3. The summed E-state index contributed by atoms with van der Waals surface area (Å²) in [6, 6.07) is 3.18. The molecular formula is C12H13N3O4S. The maximum Gasteiger partial charge on any atom is 0.356 e. The number of carboxylic acid groups (broad SMARTS) is 1. The smallest absolute Gasteiger partial charge is 0.356 e. The van der Waals surface area contributed by atoms with E-state index in [0.29, 0.717) is 23.4 Å². The molecule has 1 saturated heterocycles. The van der Waals surface area contributed by atoms with E-state index < -0.39 is 15.8 Å². The molecule has 0 amide bonds. The maximum absolute atomic E-state index is 11.6. The fraction of sp³-hybridized carbons (Fsp3) is 0.333. The number of carbonyl (C=O) groups is 1. The highest BCUT2D eigenvalue weighted by Crippen LogP contribution is 2.30. The van der Waals surface area contributed by atoms with E-state index in [1.165, 1.54) is 0 Å². The average Bonchev–Trinajstić information content (AvgIpc) is 2.89. The van der Waals surface area contributed by atoms with Crippen LogP contribution >= 0.6 is 0 Å². The second kappa shape index (κ2) is 4.20. The lowest BCUT2D eigenvalue weighted by Crippen LogP contribution is -2.07. The Bertz CT molecular complexity index is 809. The number of fused-ring (bicyclic) bond motifs is 1. The SMILES string of the molecule is Nc1ccc2c(C(=O)O)nc(C3CCS(=O)(=O)C3)n2c1. The molecule has 8 heteroatoms. The summed E-state index contributed by atoms with van der Waals surface area (Å²) in [5.41, 5.74) is 6.53. The molecule has 7 nitrogen and oxygen atoms in total. The van der Waals surface area contributed by atoms with Crippen molar-refractivity contribution < 1.29 is 18.3 Å². The summed E-state index contributed by atoms with van der Waals surface area (Å²) < 4.78 is 24.7. The van der Waals surface area contributed by atoms with E-state index in [0.717, 1.165) is 0 Å². The first-order valence-corrected chi connectivity index (χ1v) is 7.91. The second-order valence-corrected chi connectivity index (χ2v) is 7.17. The van der Waals surface area contributed by atoms with Gasteiger partial charge in [0.15, 0.2) is 15.5 Å².